The Labute approximate surface area is 332 Å². The smallest absolute Gasteiger partial charge is 0.872 e. The molecule has 0 radical (unpaired) electrons. The Morgan fingerprint density at radius 2 is 1.04 bits per heavy atom. The maximum atomic E-state index is 11.7. The van der Waals surface area contributed by atoms with Gasteiger partial charge in [-0.1, -0.05) is 108 Å². The predicted molar refractivity (Wildman–Crippen MR) is 195 cm³/mol. The Bertz CT molecular complexity index is 1740. The molecule has 0 unspecified atom stereocenters. The summed E-state index contributed by atoms with van der Waals surface area (Å²) in [6.07, 6.45) is 12.7. The van der Waals surface area contributed by atoms with Gasteiger partial charge in [-0.05, 0) is 73.2 Å². The van der Waals surface area contributed by atoms with Crippen molar-refractivity contribution in [3.05, 3.63) is 96.1 Å². The van der Waals surface area contributed by atoms with Gasteiger partial charge in [0.1, 0.15) is 43.8 Å². The molecule has 4 rings (SSSR count). The van der Waals surface area contributed by atoms with Crippen LogP contribution in [0.3, 0.4) is 0 Å². The van der Waals surface area contributed by atoms with E-state index in [0.29, 0.717) is 11.5 Å². The molecule has 10 nitrogen and oxygen atoms in total. The summed E-state index contributed by atoms with van der Waals surface area (Å²) in [5.41, 5.74) is 1.72. The van der Waals surface area contributed by atoms with Gasteiger partial charge < -0.3 is 24.2 Å². The number of unbranched alkanes of at least 4 members (excludes halogenated alkanes) is 8. The Kier molecular flexibility index (Phi) is 19.4. The van der Waals surface area contributed by atoms with Gasteiger partial charge in [-0.3, -0.25) is 4.55 Å². The summed E-state index contributed by atoms with van der Waals surface area (Å²) in [7, 11) is -9.05. The van der Waals surface area contributed by atoms with Crippen LogP contribution in [0, 0.1) is 0 Å². The van der Waals surface area contributed by atoms with Crippen molar-refractivity contribution < 1.29 is 45.6 Å². The predicted octanol–water partition coefficient (Wildman–Crippen LogP) is 8.53. The first-order chi connectivity index (χ1) is 23.8. The van der Waals surface area contributed by atoms with E-state index < -0.39 is 25.1 Å². The van der Waals surface area contributed by atoms with E-state index >= 15 is 0 Å². The van der Waals surface area contributed by atoms with Crippen molar-refractivity contribution in [2.75, 3.05) is 0 Å². The minimum atomic E-state index is -4.66. The van der Waals surface area contributed by atoms with Crippen LogP contribution in [-0.4, -0.2) is 68.8 Å². The zero-order chi connectivity index (χ0) is 36.6. The maximum Gasteiger partial charge on any atom is 2.00 e. The van der Waals surface area contributed by atoms with Crippen LogP contribution in [-0.2, 0) is 33.1 Å². The number of benzene rings is 4. The van der Waals surface area contributed by atoms with Crippen LogP contribution >= 0.6 is 0 Å². The summed E-state index contributed by atoms with van der Waals surface area (Å²) in [5, 5.41) is 21.4. The van der Waals surface area contributed by atoms with E-state index in [2.05, 4.69) is 13.8 Å². The van der Waals surface area contributed by atoms with Crippen molar-refractivity contribution in [2.45, 2.75) is 101 Å². The third kappa shape index (κ3) is 15.3. The first-order valence-electron chi connectivity index (χ1n) is 16.9. The van der Waals surface area contributed by atoms with Crippen LogP contribution in [0.25, 0.3) is 0 Å². The van der Waals surface area contributed by atoms with Crippen LogP contribution in [0.5, 0.6) is 34.5 Å². The summed E-state index contributed by atoms with van der Waals surface area (Å²) in [6, 6.07) is 20.8. The molecule has 0 aliphatic carbocycles. The monoisotopic (exact) mass is 766 g/mol. The van der Waals surface area contributed by atoms with Gasteiger partial charge in [0.2, 0.25) is 0 Å². The van der Waals surface area contributed by atoms with Gasteiger partial charge in [-0.2, -0.15) is 8.42 Å². The molecule has 0 saturated carbocycles. The second kappa shape index (κ2) is 22.3. The van der Waals surface area contributed by atoms with E-state index in [4.69, 9.17) is 9.47 Å². The average molecular weight is 767 g/mol. The van der Waals surface area contributed by atoms with E-state index in [1.807, 2.05) is 0 Å². The normalized spacial score (nSPS) is 11.2. The number of hydrogen-bond acceptors (Lipinski definition) is 9. The Hall–Kier alpha value is -2.84. The number of phenols is 1. The van der Waals surface area contributed by atoms with Crippen molar-refractivity contribution in [3.8, 4) is 34.5 Å². The molecule has 4 aromatic rings. The molecule has 0 atom stereocenters. The van der Waals surface area contributed by atoms with Gasteiger partial charge in [-0.15, -0.1) is 5.75 Å². The Morgan fingerprint density at radius 1 is 0.588 bits per heavy atom. The van der Waals surface area contributed by atoms with Crippen LogP contribution < -0.4 is 14.6 Å². The van der Waals surface area contributed by atoms with Gasteiger partial charge in [-0.25, -0.2) is 8.42 Å². The largest absolute Gasteiger partial charge is 2.00 e. The van der Waals surface area contributed by atoms with Crippen molar-refractivity contribution in [3.63, 3.8) is 0 Å². The van der Waals surface area contributed by atoms with Crippen molar-refractivity contribution in [1.82, 2.24) is 0 Å². The molecule has 4 aromatic carbocycles. The molecule has 0 bridgehead atoms. The van der Waals surface area contributed by atoms with E-state index in [1.165, 1.54) is 86.7 Å². The Balaban J connectivity index is 0.000000347. The SMILES string of the molecule is CCCCCCCc1ccc(O)cc1Oc1ccccc1S(=O)(=O)O.CCCCCCCc1ccc([O-])cc1Oc1ccccc1S(=O)(=O)[O-].[Ca+2]. The molecule has 51 heavy (non-hydrogen) atoms. The third-order valence-electron chi connectivity index (χ3n) is 7.87. The molecule has 0 amide bonds. The summed E-state index contributed by atoms with van der Waals surface area (Å²) in [5.74, 6) is 0.477. The molecule has 0 aliphatic heterocycles. The molecule has 0 aliphatic rings. The van der Waals surface area contributed by atoms with Gasteiger partial charge >= 0.3 is 37.7 Å². The van der Waals surface area contributed by atoms with Crippen LogP contribution in [0.4, 0.5) is 0 Å². The second-order valence-electron chi connectivity index (χ2n) is 11.9. The molecular formula is C38H46CaO10S2. The molecule has 0 spiro atoms. The minimum Gasteiger partial charge on any atom is -0.872 e. The van der Waals surface area contributed by atoms with Gasteiger partial charge in [0.05, 0.1) is 4.90 Å². The molecule has 0 fully saturated rings. The number of aromatic hydroxyl groups is 1. The molecule has 272 valence electrons. The van der Waals surface area contributed by atoms with E-state index in [-0.39, 0.29) is 65.6 Å². The molecule has 2 N–H and O–H groups in total. The molecule has 0 heterocycles. The van der Waals surface area contributed by atoms with Crippen LogP contribution in [0.15, 0.2) is 94.7 Å². The fourth-order valence-corrected chi connectivity index (χ4v) is 6.46. The summed E-state index contributed by atoms with van der Waals surface area (Å²) >= 11 is 0. The second-order valence-corrected chi connectivity index (χ2v) is 14.7. The minimum absolute atomic E-state index is 0. The van der Waals surface area contributed by atoms with Crippen LogP contribution in [0.1, 0.15) is 89.2 Å². The number of rotatable bonds is 18. The standard InChI is InChI=1S/2C19H24O5S.Ca/c2*1-2-3-4-5-6-9-15-12-13-16(20)14-18(15)24-17-10-7-8-11-19(17)25(21,22)23;/h2*7-8,10-14,20H,2-6,9H2,1H3,(H,21,22,23);/q;;+2/p-2. The number of para-hydroxylation sites is 2. The first-order valence-corrected chi connectivity index (χ1v) is 19.8. The average Bonchev–Trinajstić information content (AvgIpc) is 3.06. The maximum absolute atomic E-state index is 11.7. The van der Waals surface area contributed by atoms with E-state index in [0.717, 1.165) is 56.1 Å². The number of phenolic OH excluding ortho intramolecular Hbond substituents is 1. The van der Waals surface area contributed by atoms with E-state index in [9.17, 15) is 36.2 Å². The third-order valence-corrected chi connectivity index (χ3v) is 9.64. The molecule has 13 heteroatoms. The van der Waals surface area contributed by atoms with Crippen molar-refractivity contribution >= 4 is 58.0 Å². The summed E-state index contributed by atoms with van der Waals surface area (Å²) in [6.45, 7) is 4.32. The number of hydrogen-bond donors (Lipinski definition) is 2. The van der Waals surface area contributed by atoms with Crippen LogP contribution in [0.2, 0.25) is 0 Å². The van der Waals surface area contributed by atoms with Gasteiger partial charge in [0.25, 0.3) is 10.1 Å². The quantitative estimate of drug-likeness (QED) is 0.0568. The van der Waals surface area contributed by atoms with Gasteiger partial charge in [0, 0.05) is 6.07 Å². The zero-order valence-electron chi connectivity index (χ0n) is 29.3. The topological polar surface area (TPSA) is 173 Å². The Morgan fingerprint density at radius 3 is 1.55 bits per heavy atom. The molecule has 0 aromatic heterocycles. The van der Waals surface area contributed by atoms with Crippen molar-refractivity contribution in [2.24, 2.45) is 0 Å². The molecule has 0 saturated heterocycles. The first kappa shape index (κ1) is 44.3. The number of aryl methyl sites for hydroxylation is 2. The fourth-order valence-electron chi connectivity index (χ4n) is 5.24. The zero-order valence-corrected chi connectivity index (χ0v) is 33.1. The van der Waals surface area contributed by atoms with Gasteiger partial charge in [0.15, 0.2) is 0 Å². The van der Waals surface area contributed by atoms with Crippen molar-refractivity contribution in [1.29, 1.82) is 0 Å². The number of ether oxygens (including phenoxy) is 2. The fraction of sp³-hybridized carbons (Fsp3) is 0.368. The van der Waals surface area contributed by atoms with E-state index in [1.54, 1.807) is 30.3 Å². The summed E-state index contributed by atoms with van der Waals surface area (Å²) in [4.78, 5) is -0.729. The molecular weight excluding hydrogens is 721 g/mol. The summed E-state index contributed by atoms with van der Waals surface area (Å²) < 4.78 is 77.8.